The van der Waals surface area contributed by atoms with Gasteiger partial charge in [-0.1, -0.05) is 6.07 Å². The Kier molecular flexibility index (Phi) is 8.57. The average Bonchev–Trinajstić information content (AvgIpc) is 2.87. The zero-order valence-electron chi connectivity index (χ0n) is 19.7. The summed E-state index contributed by atoms with van der Waals surface area (Å²) in [5.74, 6) is -0.275. The number of aliphatic carboxylic acids is 1. The smallest absolute Gasteiger partial charge is 0.308 e. The molecule has 35 heavy (non-hydrogen) atoms. The Morgan fingerprint density at radius 1 is 1.29 bits per heavy atom. The van der Waals surface area contributed by atoms with Gasteiger partial charge in [0.05, 0.1) is 18.5 Å². The second-order valence-corrected chi connectivity index (χ2v) is 10.1. The number of rotatable bonds is 10. The number of ether oxygens (including phenoxy) is 1. The predicted molar refractivity (Wildman–Crippen MR) is 134 cm³/mol. The lowest BCUT2D eigenvalue weighted by Crippen LogP contribution is -2.44. The maximum atomic E-state index is 15.4. The molecule has 1 aromatic heterocycles. The van der Waals surface area contributed by atoms with Crippen molar-refractivity contribution in [1.29, 1.82) is 0 Å². The fourth-order valence-corrected chi connectivity index (χ4v) is 5.76. The van der Waals surface area contributed by atoms with Crippen LogP contribution in [0, 0.1) is 17.7 Å². The molecule has 1 N–H and O–H groups in total. The van der Waals surface area contributed by atoms with Crippen molar-refractivity contribution < 1.29 is 23.4 Å². The van der Waals surface area contributed by atoms with Gasteiger partial charge in [0.15, 0.2) is 0 Å². The molecule has 0 saturated carbocycles. The van der Waals surface area contributed by atoms with Crippen LogP contribution < -0.4 is 4.74 Å². The first kappa shape index (κ1) is 25.4. The molecule has 0 spiro atoms. The fraction of sp³-hybridized carbons (Fsp3) is 0.407. The van der Waals surface area contributed by atoms with Crippen LogP contribution in [0.3, 0.4) is 0 Å². The molecule has 186 valence electrons. The van der Waals surface area contributed by atoms with E-state index in [1.165, 1.54) is 12.1 Å². The Morgan fingerprint density at radius 3 is 2.91 bits per heavy atom. The number of nitrogens with zero attached hydrogens (tertiary/aromatic N) is 2. The summed E-state index contributed by atoms with van der Waals surface area (Å²) in [5, 5.41) is 10.6. The van der Waals surface area contributed by atoms with E-state index in [-0.39, 0.29) is 18.2 Å². The second kappa shape index (κ2) is 11.8. The molecule has 5 nitrogen and oxygen atoms in total. The van der Waals surface area contributed by atoms with Gasteiger partial charge in [-0.3, -0.25) is 9.78 Å². The first-order valence-corrected chi connectivity index (χ1v) is 12.8. The maximum Gasteiger partial charge on any atom is 0.308 e. The van der Waals surface area contributed by atoms with E-state index < -0.39 is 18.1 Å². The Morgan fingerprint density at radius 2 is 2.14 bits per heavy atom. The lowest BCUT2D eigenvalue weighted by molar-refractivity contribution is -0.146. The number of hydrogen-bond acceptors (Lipinski definition) is 5. The van der Waals surface area contributed by atoms with Gasteiger partial charge in [-0.15, -0.1) is 11.8 Å². The molecule has 3 atom stereocenters. The molecule has 0 bridgehead atoms. The highest BCUT2D eigenvalue weighted by molar-refractivity contribution is 7.99. The number of hydrogen-bond donors (Lipinski definition) is 1. The molecule has 0 radical (unpaired) electrons. The number of halogens is 2. The minimum absolute atomic E-state index is 0.0690. The van der Waals surface area contributed by atoms with Crippen molar-refractivity contribution >= 4 is 28.6 Å². The van der Waals surface area contributed by atoms with Crippen molar-refractivity contribution in [2.24, 2.45) is 11.8 Å². The van der Waals surface area contributed by atoms with Gasteiger partial charge in [-0.25, -0.2) is 8.78 Å². The first-order valence-electron chi connectivity index (χ1n) is 11.8. The van der Waals surface area contributed by atoms with Crippen LogP contribution in [0.1, 0.15) is 31.0 Å². The van der Waals surface area contributed by atoms with Crippen LogP contribution >= 0.6 is 11.8 Å². The molecule has 3 aromatic rings. The van der Waals surface area contributed by atoms with Gasteiger partial charge in [-0.05, 0) is 79.8 Å². The highest BCUT2D eigenvalue weighted by Gasteiger charge is 2.34. The van der Waals surface area contributed by atoms with Gasteiger partial charge >= 0.3 is 5.97 Å². The van der Waals surface area contributed by atoms with E-state index in [1.54, 1.807) is 49.3 Å². The van der Waals surface area contributed by atoms with E-state index in [9.17, 15) is 14.3 Å². The van der Waals surface area contributed by atoms with Gasteiger partial charge < -0.3 is 14.7 Å². The summed E-state index contributed by atoms with van der Waals surface area (Å²) in [6.07, 6.45) is 1.90. The molecule has 1 aliphatic heterocycles. The molecule has 1 aliphatic rings. The van der Waals surface area contributed by atoms with Gasteiger partial charge in [0, 0.05) is 35.3 Å². The van der Waals surface area contributed by atoms with E-state index in [0.717, 1.165) is 35.5 Å². The first-order chi connectivity index (χ1) is 16.9. The molecule has 1 unspecified atom stereocenters. The number of likely N-dealkylation sites (tertiary alicyclic amines) is 1. The van der Waals surface area contributed by atoms with Crippen molar-refractivity contribution in [3.8, 4) is 5.75 Å². The molecule has 1 fully saturated rings. The number of thioether (sulfide) groups is 1. The van der Waals surface area contributed by atoms with Crippen LogP contribution in [0.2, 0.25) is 0 Å². The summed E-state index contributed by atoms with van der Waals surface area (Å²) in [6, 6.07) is 13.6. The molecule has 2 heterocycles. The van der Waals surface area contributed by atoms with E-state index in [1.807, 2.05) is 12.1 Å². The van der Waals surface area contributed by atoms with E-state index >= 15 is 4.39 Å². The van der Waals surface area contributed by atoms with Crippen molar-refractivity contribution in [1.82, 2.24) is 9.88 Å². The molecule has 2 aromatic carbocycles. The van der Waals surface area contributed by atoms with Gasteiger partial charge in [0.1, 0.15) is 17.7 Å². The van der Waals surface area contributed by atoms with Crippen LogP contribution in [0.5, 0.6) is 5.75 Å². The molecule has 4 rings (SSSR count). The molecule has 8 heteroatoms. The van der Waals surface area contributed by atoms with Crippen LogP contribution in [0.15, 0.2) is 59.6 Å². The van der Waals surface area contributed by atoms with E-state index in [4.69, 9.17) is 4.74 Å². The fourth-order valence-electron chi connectivity index (χ4n) is 4.81. The lowest BCUT2D eigenvalue weighted by atomic mass is 9.81. The Hall–Kier alpha value is -2.71. The number of carbonyl (C=O) groups is 1. The van der Waals surface area contributed by atoms with Crippen molar-refractivity contribution in [3.05, 3.63) is 66.1 Å². The SMILES string of the molecule is COc1ccc2nccc(C(F)CC[C@@H]3CCN(CCSc4cccc(F)c4)C[C@@H]3C(=O)O)c2c1. The molecule has 0 aliphatic carbocycles. The maximum absolute atomic E-state index is 15.4. The number of fused-ring (bicyclic) bond motifs is 1. The normalized spacial score (nSPS) is 19.5. The van der Waals surface area contributed by atoms with Crippen molar-refractivity contribution in [3.63, 3.8) is 0 Å². The number of carboxylic acids is 1. The summed E-state index contributed by atoms with van der Waals surface area (Å²) < 4.78 is 34.0. The van der Waals surface area contributed by atoms with Crippen LogP contribution in [0.25, 0.3) is 10.9 Å². The predicted octanol–water partition coefficient (Wildman–Crippen LogP) is 5.99. The minimum Gasteiger partial charge on any atom is -0.497 e. The number of benzene rings is 2. The lowest BCUT2D eigenvalue weighted by Gasteiger charge is -2.36. The van der Waals surface area contributed by atoms with Crippen molar-refractivity contribution in [2.75, 3.05) is 32.5 Å². The van der Waals surface area contributed by atoms with Crippen LogP contribution in [-0.2, 0) is 4.79 Å². The number of aromatic nitrogens is 1. The summed E-state index contributed by atoms with van der Waals surface area (Å²) in [4.78, 5) is 19.3. The summed E-state index contributed by atoms with van der Waals surface area (Å²) in [5.41, 5.74) is 1.27. The van der Waals surface area contributed by atoms with Crippen LogP contribution in [0.4, 0.5) is 8.78 Å². The monoisotopic (exact) mass is 500 g/mol. The number of alkyl halides is 1. The largest absolute Gasteiger partial charge is 0.497 e. The van der Waals surface area contributed by atoms with Crippen molar-refractivity contribution in [2.45, 2.75) is 30.3 Å². The third-order valence-corrected chi connectivity index (χ3v) is 7.71. The van der Waals surface area contributed by atoms with Gasteiger partial charge in [0.2, 0.25) is 0 Å². The Balaban J connectivity index is 1.33. The molecule has 1 saturated heterocycles. The zero-order valence-corrected chi connectivity index (χ0v) is 20.5. The summed E-state index contributed by atoms with van der Waals surface area (Å²) in [7, 11) is 1.57. The zero-order chi connectivity index (χ0) is 24.8. The Labute approximate surface area is 208 Å². The molecular weight excluding hydrogens is 470 g/mol. The molecule has 0 amide bonds. The number of piperidine rings is 1. The topological polar surface area (TPSA) is 62.7 Å². The van der Waals surface area contributed by atoms with Gasteiger partial charge in [0.25, 0.3) is 0 Å². The standard InChI is InChI=1S/C27H30F2N2O3S/c1-34-20-6-8-26-23(16-20)22(9-11-30-26)25(29)7-5-18-10-12-31(17-24(18)27(32)33)13-14-35-21-4-2-3-19(28)15-21/h2-4,6,8-9,11,15-16,18,24-25H,5,7,10,12-14,17H2,1H3,(H,32,33)/t18-,24+,25?/m1/s1. The minimum atomic E-state index is -1.21. The van der Waals surface area contributed by atoms with Crippen LogP contribution in [-0.4, -0.2) is 53.5 Å². The number of carboxylic acid groups (broad SMARTS) is 1. The van der Waals surface area contributed by atoms with Gasteiger partial charge in [-0.2, -0.15) is 0 Å². The summed E-state index contributed by atoms with van der Waals surface area (Å²) in [6.45, 7) is 1.97. The third-order valence-electron chi connectivity index (χ3n) is 6.74. The summed E-state index contributed by atoms with van der Waals surface area (Å²) >= 11 is 1.56. The number of pyridine rings is 1. The average molecular weight is 501 g/mol. The number of methoxy groups -OCH3 is 1. The van der Waals surface area contributed by atoms with E-state index in [2.05, 4.69) is 9.88 Å². The third kappa shape index (κ3) is 6.49. The highest BCUT2D eigenvalue weighted by Crippen LogP contribution is 2.35. The molecular formula is C27H30F2N2O3S. The Bertz CT molecular complexity index is 1160. The van der Waals surface area contributed by atoms with E-state index in [0.29, 0.717) is 29.8 Å². The second-order valence-electron chi connectivity index (χ2n) is 8.93. The highest BCUT2D eigenvalue weighted by atomic mass is 32.2. The quantitative estimate of drug-likeness (QED) is 0.345.